The summed E-state index contributed by atoms with van der Waals surface area (Å²) in [7, 11) is -3.06. The molecule has 0 aromatic heterocycles. The van der Waals surface area contributed by atoms with Crippen LogP contribution in [0.5, 0.6) is 0 Å². The summed E-state index contributed by atoms with van der Waals surface area (Å²) in [6.45, 7) is 0.928. The summed E-state index contributed by atoms with van der Waals surface area (Å²) in [4.78, 5) is 0. The van der Waals surface area contributed by atoms with Crippen molar-refractivity contribution in [1.82, 2.24) is 4.72 Å². The third-order valence-corrected chi connectivity index (χ3v) is 3.33. The van der Waals surface area contributed by atoms with Gasteiger partial charge in [0.25, 0.3) is 0 Å². The van der Waals surface area contributed by atoms with Crippen molar-refractivity contribution in [2.75, 3.05) is 30.9 Å². The van der Waals surface area contributed by atoms with Crippen molar-refractivity contribution in [3.63, 3.8) is 0 Å². The highest BCUT2D eigenvalue weighted by Gasteiger charge is 2.07. The molecule has 0 atom stereocenters. The topological polar surface area (TPSA) is 72.2 Å². The molecule has 3 N–H and O–H groups in total. The van der Waals surface area contributed by atoms with E-state index in [1.807, 2.05) is 6.26 Å². The summed E-state index contributed by atoms with van der Waals surface area (Å²) in [5.41, 5.74) is 5.19. The second-order valence-corrected chi connectivity index (χ2v) is 5.26. The van der Waals surface area contributed by atoms with Crippen molar-refractivity contribution >= 4 is 21.8 Å². The fraction of sp³-hybridized carbons (Fsp3) is 1.00. The van der Waals surface area contributed by atoms with Gasteiger partial charge in [0.05, 0.1) is 5.75 Å². The Hall–Kier alpha value is 0.220. The van der Waals surface area contributed by atoms with Crippen LogP contribution in [0.25, 0.3) is 0 Å². The molecular weight excluding hydrogens is 196 g/mol. The third-order valence-electron chi connectivity index (χ3n) is 1.25. The molecule has 0 unspecified atom stereocenters. The SMILES string of the molecule is CSCCNS(=O)(=O)CCCN. The van der Waals surface area contributed by atoms with E-state index in [2.05, 4.69) is 4.72 Å². The molecule has 0 saturated carbocycles. The molecule has 0 aliphatic rings. The van der Waals surface area contributed by atoms with Crippen LogP contribution in [0, 0.1) is 0 Å². The van der Waals surface area contributed by atoms with Crippen LogP contribution in [0.15, 0.2) is 0 Å². The first-order valence-electron chi connectivity index (χ1n) is 3.78. The molecule has 6 heteroatoms. The van der Waals surface area contributed by atoms with Gasteiger partial charge >= 0.3 is 0 Å². The highest BCUT2D eigenvalue weighted by molar-refractivity contribution is 7.98. The van der Waals surface area contributed by atoms with Gasteiger partial charge in [-0.1, -0.05) is 0 Å². The largest absolute Gasteiger partial charge is 0.330 e. The number of rotatable bonds is 7. The lowest BCUT2D eigenvalue weighted by molar-refractivity contribution is 0.581. The van der Waals surface area contributed by atoms with Gasteiger partial charge in [0.1, 0.15) is 0 Å². The Bertz CT molecular complexity index is 192. The van der Waals surface area contributed by atoms with Gasteiger partial charge in [0.15, 0.2) is 0 Å². The fourth-order valence-electron chi connectivity index (χ4n) is 0.645. The molecule has 0 rings (SSSR count). The van der Waals surface area contributed by atoms with E-state index in [1.54, 1.807) is 11.8 Å². The van der Waals surface area contributed by atoms with Gasteiger partial charge in [-0.25, -0.2) is 13.1 Å². The van der Waals surface area contributed by atoms with Crippen molar-refractivity contribution in [3.05, 3.63) is 0 Å². The molecule has 0 bridgehead atoms. The van der Waals surface area contributed by atoms with Gasteiger partial charge in [-0.3, -0.25) is 0 Å². The molecule has 4 nitrogen and oxygen atoms in total. The zero-order chi connectivity index (χ0) is 9.45. The number of sulfonamides is 1. The highest BCUT2D eigenvalue weighted by atomic mass is 32.2. The van der Waals surface area contributed by atoms with Crippen LogP contribution in [0.2, 0.25) is 0 Å². The molecule has 0 heterocycles. The van der Waals surface area contributed by atoms with E-state index in [-0.39, 0.29) is 5.75 Å². The molecule has 74 valence electrons. The minimum Gasteiger partial charge on any atom is -0.330 e. The summed E-state index contributed by atoms with van der Waals surface area (Å²) < 4.78 is 24.7. The van der Waals surface area contributed by atoms with Gasteiger partial charge in [-0.05, 0) is 19.2 Å². The second kappa shape index (κ2) is 6.71. The average Bonchev–Trinajstić information content (AvgIpc) is 2.01. The maximum Gasteiger partial charge on any atom is 0.211 e. The number of hydrogen-bond donors (Lipinski definition) is 2. The van der Waals surface area contributed by atoms with E-state index < -0.39 is 10.0 Å². The number of nitrogens with two attached hydrogens (primary N) is 1. The molecule has 0 spiro atoms. The Labute approximate surface area is 78.3 Å². The van der Waals surface area contributed by atoms with E-state index in [9.17, 15) is 8.42 Å². The van der Waals surface area contributed by atoms with Gasteiger partial charge in [-0.2, -0.15) is 11.8 Å². The van der Waals surface area contributed by atoms with Crippen LogP contribution < -0.4 is 10.5 Å². The Morgan fingerprint density at radius 1 is 1.50 bits per heavy atom. The molecule has 12 heavy (non-hydrogen) atoms. The standard InChI is InChI=1S/C6H16N2O2S2/c1-11-5-4-8-12(9,10)6-2-3-7/h8H,2-7H2,1H3. The van der Waals surface area contributed by atoms with Crippen LogP contribution in [0.4, 0.5) is 0 Å². The lowest BCUT2D eigenvalue weighted by Crippen LogP contribution is -2.29. The van der Waals surface area contributed by atoms with Crippen LogP contribution >= 0.6 is 11.8 Å². The normalized spacial score (nSPS) is 11.8. The van der Waals surface area contributed by atoms with Crippen molar-refractivity contribution in [2.45, 2.75) is 6.42 Å². The first-order chi connectivity index (χ1) is 5.62. The zero-order valence-electron chi connectivity index (χ0n) is 7.25. The molecule has 0 saturated heterocycles. The zero-order valence-corrected chi connectivity index (χ0v) is 8.88. The molecular formula is C6H16N2O2S2. The molecule has 0 aromatic carbocycles. The predicted molar refractivity (Wildman–Crippen MR) is 53.8 cm³/mol. The summed E-state index contributed by atoms with van der Waals surface area (Å²) in [5, 5.41) is 0. The number of nitrogens with one attached hydrogen (secondary N) is 1. The highest BCUT2D eigenvalue weighted by Crippen LogP contribution is 1.91. The van der Waals surface area contributed by atoms with Crippen molar-refractivity contribution in [3.8, 4) is 0 Å². The Morgan fingerprint density at radius 2 is 2.17 bits per heavy atom. The third kappa shape index (κ3) is 6.90. The van der Waals surface area contributed by atoms with Crippen molar-refractivity contribution in [2.24, 2.45) is 5.73 Å². The van der Waals surface area contributed by atoms with Gasteiger partial charge in [0.2, 0.25) is 10.0 Å². The summed E-state index contributed by atoms with van der Waals surface area (Å²) >= 11 is 1.61. The minimum atomic E-state index is -3.06. The first kappa shape index (κ1) is 12.2. The quantitative estimate of drug-likeness (QED) is 0.564. The monoisotopic (exact) mass is 212 g/mol. The van der Waals surface area contributed by atoms with Gasteiger partial charge < -0.3 is 5.73 Å². The average molecular weight is 212 g/mol. The fourth-order valence-corrected chi connectivity index (χ4v) is 2.18. The lowest BCUT2D eigenvalue weighted by Gasteiger charge is -2.03. The Kier molecular flexibility index (Phi) is 6.83. The predicted octanol–water partition coefficient (Wildman–Crippen LogP) is -0.382. The van der Waals surface area contributed by atoms with Crippen LogP contribution in [0.1, 0.15) is 6.42 Å². The van der Waals surface area contributed by atoms with E-state index >= 15 is 0 Å². The Balaban J connectivity index is 3.58. The summed E-state index contributed by atoms with van der Waals surface area (Å²) in [6, 6.07) is 0. The summed E-state index contributed by atoms with van der Waals surface area (Å²) in [6.07, 6.45) is 2.46. The van der Waals surface area contributed by atoms with Gasteiger partial charge in [0, 0.05) is 12.3 Å². The maximum atomic E-state index is 11.1. The van der Waals surface area contributed by atoms with E-state index in [4.69, 9.17) is 5.73 Å². The first-order valence-corrected chi connectivity index (χ1v) is 6.83. The maximum absolute atomic E-state index is 11.1. The minimum absolute atomic E-state index is 0.137. The van der Waals surface area contributed by atoms with Crippen LogP contribution in [-0.2, 0) is 10.0 Å². The van der Waals surface area contributed by atoms with Crippen molar-refractivity contribution < 1.29 is 8.42 Å². The molecule has 0 radical (unpaired) electrons. The molecule has 0 aromatic rings. The second-order valence-electron chi connectivity index (χ2n) is 2.35. The van der Waals surface area contributed by atoms with Crippen molar-refractivity contribution in [1.29, 1.82) is 0 Å². The lowest BCUT2D eigenvalue weighted by atomic mass is 10.5. The van der Waals surface area contributed by atoms with Crippen LogP contribution in [0.3, 0.4) is 0 Å². The molecule has 0 aliphatic heterocycles. The van der Waals surface area contributed by atoms with E-state index in [1.165, 1.54) is 0 Å². The Morgan fingerprint density at radius 3 is 2.67 bits per heavy atom. The summed E-state index contributed by atoms with van der Waals surface area (Å²) in [5.74, 6) is 0.944. The van der Waals surface area contributed by atoms with Crippen LogP contribution in [-0.4, -0.2) is 39.3 Å². The van der Waals surface area contributed by atoms with Gasteiger partial charge in [-0.15, -0.1) is 0 Å². The number of thioether (sulfide) groups is 1. The van der Waals surface area contributed by atoms with E-state index in [0.29, 0.717) is 19.5 Å². The molecule has 0 aliphatic carbocycles. The smallest absolute Gasteiger partial charge is 0.211 e. The number of hydrogen-bond acceptors (Lipinski definition) is 4. The molecule has 0 fully saturated rings. The van der Waals surface area contributed by atoms with E-state index in [0.717, 1.165) is 5.75 Å². The molecule has 0 amide bonds.